The average molecular weight is 421 g/mol. The third kappa shape index (κ3) is 3.18. The lowest BCUT2D eigenvalue weighted by Gasteiger charge is -2.34. The van der Waals surface area contributed by atoms with E-state index in [4.69, 9.17) is 9.47 Å². The van der Waals surface area contributed by atoms with Crippen LogP contribution in [0.1, 0.15) is 43.0 Å². The second kappa shape index (κ2) is 7.56. The number of benzene rings is 4. The van der Waals surface area contributed by atoms with E-state index in [9.17, 15) is 0 Å². The van der Waals surface area contributed by atoms with Gasteiger partial charge in [0.25, 0.3) is 0 Å². The summed E-state index contributed by atoms with van der Waals surface area (Å²) in [7, 11) is 1.71. The zero-order valence-electron chi connectivity index (χ0n) is 19.1. The Bertz CT molecular complexity index is 1200. The lowest BCUT2D eigenvalue weighted by Crippen LogP contribution is -2.28. The number of hydrogen-bond acceptors (Lipinski definition) is 2. The Morgan fingerprint density at radius 1 is 0.562 bits per heavy atom. The third-order valence-electron chi connectivity index (χ3n) is 6.19. The van der Waals surface area contributed by atoms with Gasteiger partial charge in [-0.15, -0.1) is 0 Å². The molecular formula is C30H28O2. The summed E-state index contributed by atoms with van der Waals surface area (Å²) in [6.07, 6.45) is 0. The van der Waals surface area contributed by atoms with E-state index in [0.29, 0.717) is 0 Å². The van der Waals surface area contributed by atoms with Gasteiger partial charge in [-0.1, -0.05) is 72.8 Å². The molecule has 160 valence electrons. The maximum atomic E-state index is 6.11. The molecule has 0 saturated heterocycles. The van der Waals surface area contributed by atoms with Crippen molar-refractivity contribution in [3.05, 3.63) is 119 Å². The van der Waals surface area contributed by atoms with E-state index in [1.807, 2.05) is 0 Å². The molecule has 0 heterocycles. The van der Waals surface area contributed by atoms with Gasteiger partial charge < -0.3 is 9.47 Å². The SMILES string of the molecule is COc1ccc(C2(c3ccc(OC(C)(C)C)cc3)c3ccccc3-c3ccccc32)cc1. The van der Waals surface area contributed by atoms with Crippen molar-refractivity contribution >= 4 is 0 Å². The van der Waals surface area contributed by atoms with Crippen molar-refractivity contribution in [2.24, 2.45) is 0 Å². The average Bonchev–Trinajstić information content (AvgIpc) is 3.10. The summed E-state index contributed by atoms with van der Waals surface area (Å²) >= 11 is 0. The Morgan fingerprint density at radius 3 is 1.44 bits per heavy atom. The summed E-state index contributed by atoms with van der Waals surface area (Å²) in [5, 5.41) is 0. The van der Waals surface area contributed by atoms with Gasteiger partial charge in [-0.25, -0.2) is 0 Å². The quantitative estimate of drug-likeness (QED) is 0.305. The van der Waals surface area contributed by atoms with Crippen LogP contribution in [-0.2, 0) is 5.41 Å². The van der Waals surface area contributed by atoms with E-state index < -0.39 is 5.41 Å². The van der Waals surface area contributed by atoms with Crippen LogP contribution in [0, 0.1) is 0 Å². The molecule has 0 saturated carbocycles. The van der Waals surface area contributed by atoms with Gasteiger partial charge in [0.2, 0.25) is 0 Å². The summed E-state index contributed by atoms with van der Waals surface area (Å²) in [5.74, 6) is 1.74. The predicted molar refractivity (Wildman–Crippen MR) is 131 cm³/mol. The van der Waals surface area contributed by atoms with Crippen LogP contribution in [0.4, 0.5) is 0 Å². The molecule has 0 spiro atoms. The highest BCUT2D eigenvalue weighted by molar-refractivity contribution is 5.86. The van der Waals surface area contributed by atoms with Gasteiger partial charge in [0.15, 0.2) is 0 Å². The Balaban J connectivity index is 1.78. The van der Waals surface area contributed by atoms with E-state index in [2.05, 4.69) is 118 Å². The fourth-order valence-corrected chi connectivity index (χ4v) is 4.99. The minimum Gasteiger partial charge on any atom is -0.497 e. The number of fused-ring (bicyclic) bond motifs is 3. The summed E-state index contributed by atoms with van der Waals surface area (Å²) in [5.41, 5.74) is 6.98. The van der Waals surface area contributed by atoms with Gasteiger partial charge in [0.05, 0.1) is 12.5 Å². The highest BCUT2D eigenvalue weighted by Crippen LogP contribution is 2.56. The summed E-state index contributed by atoms with van der Waals surface area (Å²) < 4.78 is 11.6. The molecule has 2 heteroatoms. The molecule has 32 heavy (non-hydrogen) atoms. The maximum Gasteiger partial charge on any atom is 0.120 e. The largest absolute Gasteiger partial charge is 0.497 e. The maximum absolute atomic E-state index is 6.11. The summed E-state index contributed by atoms with van der Waals surface area (Å²) in [6, 6.07) is 34.6. The highest BCUT2D eigenvalue weighted by atomic mass is 16.5. The van der Waals surface area contributed by atoms with Crippen LogP contribution in [0.25, 0.3) is 11.1 Å². The van der Waals surface area contributed by atoms with Gasteiger partial charge >= 0.3 is 0 Å². The number of ether oxygens (including phenoxy) is 2. The van der Waals surface area contributed by atoms with Crippen LogP contribution in [0.3, 0.4) is 0 Å². The molecule has 0 fully saturated rings. The monoisotopic (exact) mass is 420 g/mol. The molecule has 0 amide bonds. The highest BCUT2D eigenvalue weighted by Gasteiger charge is 2.45. The Labute approximate surface area is 190 Å². The Morgan fingerprint density at radius 2 is 1.00 bits per heavy atom. The van der Waals surface area contributed by atoms with Gasteiger partial charge in [0.1, 0.15) is 17.1 Å². The zero-order valence-corrected chi connectivity index (χ0v) is 19.1. The van der Waals surface area contributed by atoms with Crippen molar-refractivity contribution in [1.29, 1.82) is 0 Å². The topological polar surface area (TPSA) is 18.5 Å². The molecule has 0 radical (unpaired) electrons. The molecule has 0 aliphatic heterocycles. The van der Waals surface area contributed by atoms with Crippen LogP contribution in [0.2, 0.25) is 0 Å². The van der Waals surface area contributed by atoms with Crippen molar-refractivity contribution in [1.82, 2.24) is 0 Å². The van der Waals surface area contributed by atoms with Crippen molar-refractivity contribution in [2.45, 2.75) is 31.8 Å². The lowest BCUT2D eigenvalue weighted by molar-refractivity contribution is 0.131. The van der Waals surface area contributed by atoms with E-state index >= 15 is 0 Å². The fourth-order valence-electron chi connectivity index (χ4n) is 4.99. The summed E-state index contributed by atoms with van der Waals surface area (Å²) in [6.45, 7) is 6.22. The predicted octanol–water partition coefficient (Wildman–Crippen LogP) is 7.24. The molecule has 0 unspecified atom stereocenters. The molecule has 1 aliphatic rings. The Kier molecular flexibility index (Phi) is 4.82. The minimum atomic E-state index is -0.403. The van der Waals surface area contributed by atoms with Crippen LogP contribution in [-0.4, -0.2) is 12.7 Å². The van der Waals surface area contributed by atoms with E-state index in [1.165, 1.54) is 33.4 Å². The number of rotatable bonds is 4. The molecule has 1 aliphatic carbocycles. The smallest absolute Gasteiger partial charge is 0.120 e. The molecule has 0 N–H and O–H groups in total. The van der Waals surface area contributed by atoms with Crippen LogP contribution >= 0.6 is 0 Å². The van der Waals surface area contributed by atoms with Gasteiger partial charge in [-0.2, -0.15) is 0 Å². The van der Waals surface area contributed by atoms with E-state index in [-0.39, 0.29) is 5.60 Å². The van der Waals surface area contributed by atoms with E-state index in [1.54, 1.807) is 7.11 Å². The van der Waals surface area contributed by atoms with Gasteiger partial charge in [-0.3, -0.25) is 0 Å². The molecule has 0 bridgehead atoms. The fraction of sp³-hybridized carbons (Fsp3) is 0.200. The summed E-state index contributed by atoms with van der Waals surface area (Å²) in [4.78, 5) is 0. The second-order valence-corrected chi connectivity index (χ2v) is 9.31. The standard InChI is InChI=1S/C30H28O2/c1-29(2,3)32-24-19-15-22(16-20-24)30(21-13-17-23(31-4)18-14-21)27-11-7-5-9-25(27)26-10-6-8-12-28(26)30/h5-20H,1-4H3. The molecule has 2 nitrogen and oxygen atoms in total. The third-order valence-corrected chi connectivity index (χ3v) is 6.19. The molecular weight excluding hydrogens is 392 g/mol. The Hall–Kier alpha value is -3.52. The zero-order chi connectivity index (χ0) is 22.3. The number of hydrogen-bond donors (Lipinski definition) is 0. The van der Waals surface area contributed by atoms with Crippen LogP contribution in [0.5, 0.6) is 11.5 Å². The lowest BCUT2D eigenvalue weighted by atomic mass is 9.68. The first-order valence-electron chi connectivity index (χ1n) is 11.1. The van der Waals surface area contributed by atoms with Crippen LogP contribution in [0.15, 0.2) is 97.1 Å². The first-order chi connectivity index (χ1) is 15.4. The van der Waals surface area contributed by atoms with Gasteiger partial charge in [-0.05, 0) is 78.4 Å². The van der Waals surface area contributed by atoms with Crippen molar-refractivity contribution in [3.8, 4) is 22.6 Å². The first kappa shape index (κ1) is 20.4. The molecule has 4 aromatic carbocycles. The van der Waals surface area contributed by atoms with Crippen molar-refractivity contribution in [3.63, 3.8) is 0 Å². The molecule has 0 atom stereocenters. The normalized spacial score (nSPS) is 13.9. The first-order valence-corrected chi connectivity index (χ1v) is 11.1. The number of methoxy groups -OCH3 is 1. The van der Waals surface area contributed by atoms with Crippen molar-refractivity contribution in [2.75, 3.05) is 7.11 Å². The second-order valence-electron chi connectivity index (χ2n) is 9.31. The van der Waals surface area contributed by atoms with Crippen molar-refractivity contribution < 1.29 is 9.47 Å². The molecule has 0 aromatic heterocycles. The van der Waals surface area contributed by atoms with Crippen LogP contribution < -0.4 is 9.47 Å². The van der Waals surface area contributed by atoms with E-state index in [0.717, 1.165) is 11.5 Å². The molecule has 4 aromatic rings. The minimum absolute atomic E-state index is 0.234. The molecule has 5 rings (SSSR count). The van der Waals surface area contributed by atoms with Gasteiger partial charge in [0, 0.05) is 0 Å².